The molecule has 0 radical (unpaired) electrons. The summed E-state index contributed by atoms with van der Waals surface area (Å²) in [5, 5.41) is 1.18. The largest absolute Gasteiger partial charge is 0.459 e. The lowest BCUT2D eigenvalue weighted by molar-refractivity contribution is -0.147. The molecule has 0 saturated heterocycles. The number of nitrogens with zero attached hydrogens (tertiary/aromatic N) is 2. The predicted octanol–water partition coefficient (Wildman–Crippen LogP) is 3.80. The Bertz CT molecular complexity index is 1190. The monoisotopic (exact) mass is 495 g/mol. The van der Waals surface area contributed by atoms with Crippen LogP contribution in [-0.4, -0.2) is 30.1 Å². The fourth-order valence-corrected chi connectivity index (χ4v) is 3.90. The fourth-order valence-electron chi connectivity index (χ4n) is 3.53. The molecule has 32 heavy (non-hydrogen) atoms. The Hall–Kier alpha value is -3.36. The molecule has 2 unspecified atom stereocenters. The van der Waals surface area contributed by atoms with Crippen LogP contribution >= 0.6 is 15.9 Å². The zero-order chi connectivity index (χ0) is 22.7. The second-order valence-corrected chi connectivity index (χ2v) is 8.11. The minimum Gasteiger partial charge on any atom is -0.459 e. The number of aldehydes is 1. The number of hydrogen-bond donors (Lipinski definition) is 1. The van der Waals surface area contributed by atoms with Gasteiger partial charge in [-0.2, -0.15) is 0 Å². The van der Waals surface area contributed by atoms with Crippen LogP contribution in [0.4, 0.5) is 10.1 Å². The van der Waals surface area contributed by atoms with Crippen molar-refractivity contribution >= 4 is 39.6 Å². The van der Waals surface area contributed by atoms with E-state index in [9.17, 15) is 14.0 Å². The van der Waals surface area contributed by atoms with Crippen LogP contribution in [0, 0.1) is 5.82 Å². The van der Waals surface area contributed by atoms with E-state index in [1.54, 1.807) is 36.4 Å². The molecule has 0 bridgehead atoms. The molecular formula is C24H19BrFN3O3. The van der Waals surface area contributed by atoms with Gasteiger partial charge in [-0.3, -0.25) is 10.0 Å². The van der Waals surface area contributed by atoms with Crippen molar-refractivity contribution in [3.8, 4) is 0 Å². The molecule has 0 aliphatic carbocycles. The molecule has 1 heterocycles. The number of rotatable bonds is 5. The standard InChI is InChI=1S/C24H19BrFN3O3/c25-16-10-11-20-18(12-16)22(17-8-4-5-9-19(17)26)28-23(21(13-30)29(20)27)24(31)32-14-15-6-2-1-3-7-15/h1-13,21,23H,14,27H2. The number of carbonyl (C=O) groups excluding carboxylic acids is 2. The minimum atomic E-state index is -1.29. The van der Waals surface area contributed by atoms with Crippen molar-refractivity contribution in [1.29, 1.82) is 0 Å². The second-order valence-electron chi connectivity index (χ2n) is 7.19. The zero-order valence-corrected chi connectivity index (χ0v) is 18.4. The molecule has 3 aromatic carbocycles. The molecule has 6 nitrogen and oxygen atoms in total. The van der Waals surface area contributed by atoms with Crippen LogP contribution in [0.2, 0.25) is 0 Å². The molecule has 1 aliphatic rings. The number of carbonyl (C=O) groups is 2. The lowest BCUT2D eigenvalue weighted by atomic mass is 10.00. The van der Waals surface area contributed by atoms with E-state index in [-0.39, 0.29) is 17.9 Å². The van der Waals surface area contributed by atoms with Crippen LogP contribution in [0.15, 0.2) is 82.3 Å². The SMILES string of the molecule is NN1c2ccc(Br)cc2C(c2ccccc2F)=NC(C(=O)OCc2ccccc2)C1C=O. The molecular weight excluding hydrogens is 477 g/mol. The summed E-state index contributed by atoms with van der Waals surface area (Å²) in [5.74, 6) is 5.03. The smallest absolute Gasteiger partial charge is 0.333 e. The van der Waals surface area contributed by atoms with Gasteiger partial charge < -0.3 is 9.53 Å². The third-order valence-corrected chi connectivity index (χ3v) is 5.63. The fraction of sp³-hybridized carbons (Fsp3) is 0.125. The van der Waals surface area contributed by atoms with Crippen molar-refractivity contribution in [3.05, 3.63) is 99.8 Å². The molecule has 0 fully saturated rings. The third-order valence-electron chi connectivity index (χ3n) is 5.14. The molecule has 4 rings (SSSR count). The molecule has 1 aliphatic heterocycles. The lowest BCUT2D eigenvalue weighted by Crippen LogP contribution is -2.51. The number of esters is 1. The molecule has 0 amide bonds. The van der Waals surface area contributed by atoms with Crippen molar-refractivity contribution in [2.24, 2.45) is 10.8 Å². The maximum absolute atomic E-state index is 14.8. The van der Waals surface area contributed by atoms with Gasteiger partial charge in [0, 0.05) is 15.6 Å². The molecule has 0 saturated carbocycles. The van der Waals surface area contributed by atoms with E-state index < -0.39 is 23.9 Å². The number of fused-ring (bicyclic) bond motifs is 1. The first-order valence-corrected chi connectivity index (χ1v) is 10.6. The first-order chi connectivity index (χ1) is 15.5. The molecule has 162 valence electrons. The molecule has 2 N–H and O–H groups in total. The number of anilines is 1. The first-order valence-electron chi connectivity index (χ1n) is 9.82. The van der Waals surface area contributed by atoms with Crippen LogP contribution < -0.4 is 10.9 Å². The van der Waals surface area contributed by atoms with Crippen LogP contribution in [0.1, 0.15) is 16.7 Å². The van der Waals surface area contributed by atoms with Gasteiger partial charge in [0.25, 0.3) is 0 Å². The number of halogens is 2. The Labute approximate surface area is 192 Å². The van der Waals surface area contributed by atoms with Crippen LogP contribution in [0.25, 0.3) is 0 Å². The van der Waals surface area contributed by atoms with Crippen molar-refractivity contribution in [3.63, 3.8) is 0 Å². The highest BCUT2D eigenvalue weighted by atomic mass is 79.9. The van der Waals surface area contributed by atoms with Crippen LogP contribution in [0.3, 0.4) is 0 Å². The van der Waals surface area contributed by atoms with E-state index in [1.807, 2.05) is 30.3 Å². The number of hydrogen-bond acceptors (Lipinski definition) is 6. The summed E-state index contributed by atoms with van der Waals surface area (Å²) in [7, 11) is 0. The van der Waals surface area contributed by atoms with Gasteiger partial charge in [-0.1, -0.05) is 58.4 Å². The molecule has 0 aromatic heterocycles. The molecule has 0 spiro atoms. The number of benzodiazepines with no additional fused rings is 1. The minimum absolute atomic E-state index is 0.00930. The second kappa shape index (κ2) is 9.42. The van der Waals surface area contributed by atoms with E-state index in [0.29, 0.717) is 22.0 Å². The van der Waals surface area contributed by atoms with Gasteiger partial charge in [-0.15, -0.1) is 0 Å². The van der Waals surface area contributed by atoms with Gasteiger partial charge in [0.05, 0.1) is 11.4 Å². The highest BCUT2D eigenvalue weighted by Gasteiger charge is 2.38. The van der Waals surface area contributed by atoms with E-state index in [2.05, 4.69) is 20.9 Å². The van der Waals surface area contributed by atoms with Gasteiger partial charge in [-0.05, 0) is 35.9 Å². The molecule has 2 atom stereocenters. The van der Waals surface area contributed by atoms with E-state index in [1.165, 1.54) is 11.1 Å². The Kier molecular flexibility index (Phi) is 6.43. The Morgan fingerprint density at radius 3 is 2.53 bits per heavy atom. The quantitative estimate of drug-likeness (QED) is 0.330. The van der Waals surface area contributed by atoms with Gasteiger partial charge in [0.2, 0.25) is 0 Å². The Morgan fingerprint density at radius 1 is 1.09 bits per heavy atom. The number of hydrazine groups is 1. The summed E-state index contributed by atoms with van der Waals surface area (Å²) >= 11 is 3.41. The maximum atomic E-state index is 14.8. The van der Waals surface area contributed by atoms with Crippen LogP contribution in [-0.2, 0) is 20.9 Å². The third kappa shape index (κ3) is 4.32. The summed E-state index contributed by atoms with van der Waals surface area (Å²) in [4.78, 5) is 29.6. The summed E-state index contributed by atoms with van der Waals surface area (Å²) in [6.07, 6.45) is 0.550. The Balaban J connectivity index is 1.81. The number of ether oxygens (including phenoxy) is 1. The summed E-state index contributed by atoms with van der Waals surface area (Å²) in [6, 6.07) is 18.0. The Morgan fingerprint density at radius 2 is 1.81 bits per heavy atom. The average molecular weight is 496 g/mol. The van der Waals surface area contributed by atoms with E-state index in [0.717, 1.165) is 5.56 Å². The zero-order valence-electron chi connectivity index (χ0n) is 16.8. The number of benzene rings is 3. The first kappa shape index (κ1) is 21.9. The topological polar surface area (TPSA) is 85.0 Å². The summed E-state index contributed by atoms with van der Waals surface area (Å²) in [6.45, 7) is 0.00930. The highest BCUT2D eigenvalue weighted by Crippen LogP contribution is 2.32. The van der Waals surface area contributed by atoms with Crippen molar-refractivity contribution < 1.29 is 18.7 Å². The lowest BCUT2D eigenvalue weighted by Gasteiger charge is -2.27. The van der Waals surface area contributed by atoms with E-state index in [4.69, 9.17) is 10.6 Å². The summed E-state index contributed by atoms with van der Waals surface area (Å²) in [5.41, 5.74) is 2.10. The summed E-state index contributed by atoms with van der Waals surface area (Å²) < 4.78 is 20.9. The average Bonchev–Trinajstić information content (AvgIpc) is 2.92. The van der Waals surface area contributed by atoms with Crippen molar-refractivity contribution in [2.75, 3.05) is 5.01 Å². The number of nitrogens with two attached hydrogens (primary N) is 1. The van der Waals surface area contributed by atoms with Gasteiger partial charge in [0.15, 0.2) is 6.04 Å². The number of aliphatic imine (C=N–C) groups is 1. The van der Waals surface area contributed by atoms with Gasteiger partial charge in [0.1, 0.15) is 24.8 Å². The van der Waals surface area contributed by atoms with Crippen molar-refractivity contribution in [1.82, 2.24) is 0 Å². The van der Waals surface area contributed by atoms with Gasteiger partial charge >= 0.3 is 5.97 Å². The van der Waals surface area contributed by atoms with Crippen LogP contribution in [0.5, 0.6) is 0 Å². The van der Waals surface area contributed by atoms with E-state index >= 15 is 0 Å². The van der Waals surface area contributed by atoms with Gasteiger partial charge in [-0.25, -0.2) is 15.0 Å². The molecule has 8 heteroatoms. The highest BCUT2D eigenvalue weighted by molar-refractivity contribution is 9.10. The van der Waals surface area contributed by atoms with Crippen molar-refractivity contribution in [2.45, 2.75) is 18.7 Å². The normalized spacial score (nSPS) is 17.7. The molecule has 3 aromatic rings. The maximum Gasteiger partial charge on any atom is 0.333 e. The predicted molar refractivity (Wildman–Crippen MR) is 123 cm³/mol.